The molecule has 2 saturated heterocycles. The van der Waals surface area contributed by atoms with Crippen molar-refractivity contribution < 1.29 is 57.9 Å². The van der Waals surface area contributed by atoms with E-state index in [1.54, 1.807) is 64.0 Å². The van der Waals surface area contributed by atoms with Gasteiger partial charge in [0.25, 0.3) is 11.7 Å². The second-order valence-corrected chi connectivity index (χ2v) is 20.4. The molecule has 15 atom stereocenters. The van der Waals surface area contributed by atoms with Crippen LogP contribution in [-0.4, -0.2) is 141 Å². The van der Waals surface area contributed by atoms with Crippen LogP contribution in [0.25, 0.3) is 0 Å². The first-order chi connectivity index (χ1) is 32.8. The predicted octanol–water partition coefficient (Wildman–Crippen LogP) is 6.05. The summed E-state index contributed by atoms with van der Waals surface area (Å²) < 4.78 is 31.7. The number of ether oxygens (including phenoxy) is 5. The molecule has 1 aromatic rings. The Balaban J connectivity index is 1.47. The van der Waals surface area contributed by atoms with E-state index in [1.165, 1.54) is 19.1 Å². The summed E-state index contributed by atoms with van der Waals surface area (Å²) in [5.74, 6) is -7.69. The van der Waals surface area contributed by atoms with Gasteiger partial charge in [-0.05, 0) is 117 Å². The van der Waals surface area contributed by atoms with Crippen molar-refractivity contribution in [1.82, 2.24) is 25.1 Å². The number of aromatic nitrogens is 4. The van der Waals surface area contributed by atoms with Crippen molar-refractivity contribution in [2.45, 2.75) is 180 Å². The van der Waals surface area contributed by atoms with E-state index in [0.29, 0.717) is 56.1 Å². The topological polar surface area (TPSA) is 219 Å². The zero-order valence-corrected chi connectivity index (χ0v) is 42.5. The maximum Gasteiger partial charge on any atom is 0.329 e. The van der Waals surface area contributed by atoms with Crippen molar-refractivity contribution in [2.75, 3.05) is 27.9 Å². The molecule has 1 saturated carbocycles. The Morgan fingerprint density at radius 3 is 2.29 bits per heavy atom. The Kier molecular flexibility index (Phi) is 20.8. The van der Waals surface area contributed by atoms with Crippen molar-refractivity contribution in [1.29, 1.82) is 0 Å². The highest BCUT2D eigenvalue weighted by Gasteiger charge is 2.53. The number of nitrogens with zero attached hydrogens (tertiary/aromatic N) is 5. The smallest absolute Gasteiger partial charge is 0.329 e. The third-order valence-corrected chi connectivity index (χ3v) is 15.2. The summed E-state index contributed by atoms with van der Waals surface area (Å²) in [6.45, 7) is 12.9. The van der Waals surface area contributed by atoms with Crippen LogP contribution in [0.15, 0.2) is 53.9 Å². The molecule has 384 valence electrons. The van der Waals surface area contributed by atoms with E-state index in [-0.39, 0.29) is 73.2 Å². The van der Waals surface area contributed by atoms with Gasteiger partial charge >= 0.3 is 5.97 Å². The summed E-state index contributed by atoms with van der Waals surface area (Å²) in [6.07, 6.45) is 13.6. The maximum absolute atomic E-state index is 14.5. The number of fused-ring (bicyclic) bond motifs is 3. The van der Waals surface area contributed by atoms with Gasteiger partial charge in [-0.1, -0.05) is 71.1 Å². The number of amides is 1. The second-order valence-electron chi connectivity index (χ2n) is 20.4. The first kappa shape index (κ1) is 55.7. The largest absolute Gasteiger partial charge is 0.460 e. The number of carbonyl (C=O) groups is 5. The van der Waals surface area contributed by atoms with Crippen LogP contribution in [0.5, 0.6) is 0 Å². The molecule has 3 fully saturated rings. The van der Waals surface area contributed by atoms with Crippen LogP contribution in [0.3, 0.4) is 0 Å². The molecule has 2 bridgehead atoms. The Bertz CT molecular complexity index is 2020. The fourth-order valence-corrected chi connectivity index (χ4v) is 10.8. The lowest BCUT2D eigenvalue weighted by atomic mass is 9.77. The van der Waals surface area contributed by atoms with Crippen LogP contribution in [-0.2, 0) is 47.7 Å². The fourth-order valence-electron chi connectivity index (χ4n) is 10.8. The molecule has 0 unspecified atom stereocenters. The summed E-state index contributed by atoms with van der Waals surface area (Å²) in [5, 5.41) is 34.8. The van der Waals surface area contributed by atoms with Crippen LogP contribution in [0.2, 0.25) is 0 Å². The number of tetrazole rings is 1. The normalized spacial score (nSPS) is 38.8. The first-order valence-electron chi connectivity index (χ1n) is 25.0. The molecule has 69 heavy (non-hydrogen) atoms. The van der Waals surface area contributed by atoms with E-state index in [4.69, 9.17) is 23.7 Å². The lowest BCUT2D eigenvalue weighted by Gasteiger charge is -2.42. The number of hydrogen-bond donors (Lipinski definition) is 2. The number of aliphatic hydroxyl groups is 2. The van der Waals surface area contributed by atoms with Gasteiger partial charge in [0.1, 0.15) is 36.5 Å². The van der Waals surface area contributed by atoms with Gasteiger partial charge in [0.05, 0.1) is 24.4 Å². The van der Waals surface area contributed by atoms with Crippen molar-refractivity contribution in [2.24, 2.45) is 35.5 Å². The number of ketones is 3. The number of cyclic esters (lactones) is 1. The van der Waals surface area contributed by atoms with Gasteiger partial charge in [-0.2, -0.15) is 0 Å². The SMILES string of the molecule is CO[C@@H]1/C(C)=C/[C@@H](C)C(=O)C[C@@H]([C@H](C)C[C@@H]2CC[C@H](n3cnnn3)[C@H](OC)C2)OC(=O)[C@@H]2CCCCN2C(=O)C(=O)[C@]2(O)O[C@@H](CC[C@H]2C)C[C@H](O)/C(C)=C/C=C/C=C/[C@@H](C)C[C@@H](C)C(=O)[C@@H]1OC. The minimum Gasteiger partial charge on any atom is -0.460 e. The van der Waals surface area contributed by atoms with Crippen molar-refractivity contribution >= 4 is 29.2 Å². The summed E-state index contributed by atoms with van der Waals surface area (Å²) in [5.41, 5.74) is 1.27. The van der Waals surface area contributed by atoms with E-state index >= 15 is 0 Å². The Morgan fingerprint density at radius 1 is 0.870 bits per heavy atom. The van der Waals surface area contributed by atoms with Gasteiger partial charge in [-0.3, -0.25) is 19.2 Å². The van der Waals surface area contributed by atoms with E-state index < -0.39 is 71.8 Å². The third-order valence-electron chi connectivity index (χ3n) is 15.2. The molecule has 1 aromatic heterocycles. The minimum atomic E-state index is -2.48. The molecular weight excluding hydrogens is 887 g/mol. The van der Waals surface area contributed by atoms with Crippen molar-refractivity contribution in [3.63, 3.8) is 0 Å². The average molecular weight is 966 g/mol. The molecule has 2 N–H and O–H groups in total. The molecule has 0 spiro atoms. The Labute approximate surface area is 408 Å². The highest BCUT2D eigenvalue weighted by atomic mass is 16.6. The van der Waals surface area contributed by atoms with Crippen LogP contribution in [0.1, 0.15) is 132 Å². The standard InChI is InChI=1S/C52H79N5O12/c1-31-16-12-11-13-17-32(2)42(58)28-39-21-19-37(7)52(64,69-39)49(61)50(62)56-23-15-14-18-41(56)51(63)68-44(34(4)26-38-20-22-40(45(27-38)65-8)57-30-53-54-55-57)29-43(59)33(3)25-36(6)47(66-9)48(67-10)46(60)35(5)24-31/h11-13,16-17,25,30-31,33-35,37-42,44-45,47-48,58,64H,14-15,18-24,26-29H2,1-10H3/b13-11+,16-12+,32-17+,36-25+/t31-,33-,34-,35-,37-,38+,39+,40+,41+,42+,44+,45-,47-,48+,52-/m1/s1. The van der Waals surface area contributed by atoms with E-state index in [2.05, 4.69) is 15.5 Å². The number of allylic oxidation sites excluding steroid dienone is 6. The summed E-state index contributed by atoms with van der Waals surface area (Å²) in [6, 6.07) is -1.19. The predicted molar refractivity (Wildman–Crippen MR) is 256 cm³/mol. The van der Waals surface area contributed by atoms with E-state index in [1.807, 2.05) is 39.0 Å². The number of aliphatic hydroxyl groups excluding tert-OH is 1. The highest BCUT2D eigenvalue weighted by Crippen LogP contribution is 2.39. The molecule has 3 aliphatic heterocycles. The van der Waals surface area contributed by atoms with Crippen LogP contribution < -0.4 is 0 Å². The number of carbonyl (C=O) groups excluding carboxylic acids is 5. The lowest BCUT2D eigenvalue weighted by molar-refractivity contribution is -0.265. The van der Waals surface area contributed by atoms with Gasteiger partial charge in [0.15, 0.2) is 5.78 Å². The van der Waals surface area contributed by atoms with E-state index in [0.717, 1.165) is 12.8 Å². The summed E-state index contributed by atoms with van der Waals surface area (Å²) in [7, 11) is 4.64. The summed E-state index contributed by atoms with van der Waals surface area (Å²) in [4.78, 5) is 72.5. The minimum absolute atomic E-state index is 0.0334. The first-order valence-corrected chi connectivity index (χ1v) is 25.0. The number of methoxy groups -OCH3 is 3. The quantitative estimate of drug-likeness (QED) is 0.181. The average Bonchev–Trinajstić information content (AvgIpc) is 3.87. The van der Waals surface area contributed by atoms with E-state index in [9.17, 15) is 34.2 Å². The number of piperidine rings is 1. The molecule has 1 amide bonds. The van der Waals surface area contributed by atoms with Crippen molar-refractivity contribution in [3.05, 3.63) is 53.9 Å². The van der Waals surface area contributed by atoms with Gasteiger partial charge in [-0.15, -0.1) is 5.10 Å². The molecule has 0 aromatic carbocycles. The Morgan fingerprint density at radius 2 is 1.61 bits per heavy atom. The molecule has 4 aliphatic rings. The molecule has 17 heteroatoms. The second kappa shape index (κ2) is 25.7. The molecule has 4 heterocycles. The number of esters is 1. The lowest BCUT2D eigenvalue weighted by Crippen LogP contribution is -2.61. The zero-order chi connectivity index (χ0) is 50.6. The zero-order valence-electron chi connectivity index (χ0n) is 42.5. The van der Waals surface area contributed by atoms with Crippen LogP contribution in [0.4, 0.5) is 0 Å². The van der Waals surface area contributed by atoms with Crippen LogP contribution in [0, 0.1) is 35.5 Å². The summed E-state index contributed by atoms with van der Waals surface area (Å²) >= 11 is 0. The third kappa shape index (κ3) is 14.2. The maximum atomic E-state index is 14.5. The monoisotopic (exact) mass is 966 g/mol. The van der Waals surface area contributed by atoms with Gasteiger partial charge in [0.2, 0.25) is 5.79 Å². The Hall–Kier alpha value is -4.26. The molecule has 17 nitrogen and oxygen atoms in total. The number of Topliss-reactive ketones (excluding diaryl/α,β-unsaturated/α-hetero) is 3. The molecule has 0 radical (unpaired) electrons. The molecule has 1 aliphatic carbocycles. The molecule has 5 rings (SSSR count). The highest BCUT2D eigenvalue weighted by molar-refractivity contribution is 6.39. The van der Waals surface area contributed by atoms with Gasteiger partial charge in [0, 0.05) is 58.5 Å². The number of hydrogen-bond acceptors (Lipinski definition) is 15. The fraction of sp³-hybridized carbons (Fsp3) is 0.731. The van der Waals surface area contributed by atoms with Crippen molar-refractivity contribution in [3.8, 4) is 0 Å². The van der Waals surface area contributed by atoms with Crippen LogP contribution >= 0.6 is 0 Å². The molecular formula is C52H79N5O12. The van der Waals surface area contributed by atoms with Gasteiger partial charge < -0.3 is 38.8 Å². The van der Waals surface area contributed by atoms with Gasteiger partial charge in [-0.25, -0.2) is 9.48 Å². The number of rotatable bonds is 7.